The molecule has 20 heavy (non-hydrogen) atoms. The zero-order valence-corrected chi connectivity index (χ0v) is 13.9. The van der Waals surface area contributed by atoms with Crippen molar-refractivity contribution >= 4 is 49.0 Å². The molecule has 1 aromatic heterocycles. The number of amides is 1. The normalized spacial score (nSPS) is 15.6. The van der Waals surface area contributed by atoms with E-state index in [1.54, 1.807) is 0 Å². The molecule has 1 aliphatic rings. The van der Waals surface area contributed by atoms with Gasteiger partial charge in [0.15, 0.2) is 0 Å². The maximum atomic E-state index is 12.0. The number of aromatic amines is 1. The molecule has 0 radical (unpaired) electrons. The number of aromatic nitrogens is 1. The molecule has 1 amide bonds. The van der Waals surface area contributed by atoms with Crippen LogP contribution >= 0.6 is 31.9 Å². The zero-order chi connectivity index (χ0) is 14.3. The third-order valence-electron chi connectivity index (χ3n) is 3.35. The van der Waals surface area contributed by atoms with Gasteiger partial charge in [0.25, 0.3) is 5.91 Å². The number of carbonyl (C=O) groups is 1. The van der Waals surface area contributed by atoms with Gasteiger partial charge in [0.2, 0.25) is 0 Å². The molecule has 2 aromatic rings. The predicted molar refractivity (Wildman–Crippen MR) is 87.7 cm³/mol. The highest BCUT2D eigenvalue weighted by molar-refractivity contribution is 9.13. The first-order chi connectivity index (χ1) is 9.58. The van der Waals surface area contributed by atoms with Crippen molar-refractivity contribution in [2.24, 2.45) is 0 Å². The largest absolute Gasteiger partial charge is 0.360 e. The van der Waals surface area contributed by atoms with Crippen molar-refractivity contribution in [3.63, 3.8) is 0 Å². The van der Waals surface area contributed by atoms with E-state index in [4.69, 9.17) is 0 Å². The lowest BCUT2D eigenvalue weighted by molar-refractivity contribution is -0.110. The first-order valence-electron chi connectivity index (χ1n) is 6.21. The van der Waals surface area contributed by atoms with E-state index in [-0.39, 0.29) is 5.91 Å². The number of anilines is 1. The zero-order valence-electron chi connectivity index (χ0n) is 10.8. The fourth-order valence-electron chi connectivity index (χ4n) is 2.32. The molecule has 0 bridgehead atoms. The van der Waals surface area contributed by atoms with Crippen LogP contribution in [-0.4, -0.2) is 10.9 Å². The lowest BCUT2D eigenvalue weighted by Gasteiger charge is -1.98. The van der Waals surface area contributed by atoms with Crippen molar-refractivity contribution in [3.05, 3.63) is 56.2 Å². The van der Waals surface area contributed by atoms with Crippen molar-refractivity contribution in [1.82, 2.24) is 4.98 Å². The van der Waals surface area contributed by atoms with E-state index in [2.05, 4.69) is 42.2 Å². The molecule has 3 rings (SSSR count). The van der Waals surface area contributed by atoms with Crippen LogP contribution in [0.2, 0.25) is 0 Å². The van der Waals surface area contributed by atoms with Gasteiger partial charge in [-0.2, -0.15) is 0 Å². The lowest BCUT2D eigenvalue weighted by atomic mass is 10.1. The predicted octanol–water partition coefficient (Wildman–Crippen LogP) is 4.43. The third-order valence-corrected chi connectivity index (χ3v) is 5.74. The van der Waals surface area contributed by atoms with Crippen molar-refractivity contribution < 1.29 is 4.79 Å². The second-order valence-electron chi connectivity index (χ2n) is 4.68. The number of fused-ring (bicyclic) bond motifs is 1. The molecule has 1 aromatic carbocycles. The van der Waals surface area contributed by atoms with Gasteiger partial charge < -0.3 is 10.3 Å². The minimum Gasteiger partial charge on any atom is -0.360 e. The van der Waals surface area contributed by atoms with Crippen molar-refractivity contribution in [1.29, 1.82) is 0 Å². The first-order valence-corrected chi connectivity index (χ1v) is 7.80. The second kappa shape index (κ2) is 5.22. The molecule has 3 nitrogen and oxygen atoms in total. The van der Waals surface area contributed by atoms with Crippen LogP contribution in [0, 0.1) is 6.92 Å². The quantitative estimate of drug-likeness (QED) is 0.726. The summed E-state index contributed by atoms with van der Waals surface area (Å²) < 4.78 is 2.04. The molecule has 0 spiro atoms. The number of aryl methyl sites for hydroxylation is 1. The van der Waals surface area contributed by atoms with Gasteiger partial charge >= 0.3 is 0 Å². The fraction of sp³-hybridized carbons (Fsp3) is 0.133. The Balaban J connectivity index is 1.93. The highest BCUT2D eigenvalue weighted by Gasteiger charge is 2.23. The number of H-pyrrole nitrogens is 1. The van der Waals surface area contributed by atoms with Crippen LogP contribution in [0.3, 0.4) is 0 Å². The number of hydrogen-bond donors (Lipinski definition) is 2. The molecule has 0 saturated carbocycles. The molecule has 1 aliphatic heterocycles. The van der Waals surface area contributed by atoms with Gasteiger partial charge in [-0.1, -0.05) is 24.3 Å². The van der Waals surface area contributed by atoms with E-state index in [1.165, 1.54) is 0 Å². The lowest BCUT2D eigenvalue weighted by Crippen LogP contribution is -2.04. The Morgan fingerprint density at radius 2 is 1.95 bits per heavy atom. The topological polar surface area (TPSA) is 44.9 Å². The molecule has 2 N–H and O–H groups in total. The summed E-state index contributed by atoms with van der Waals surface area (Å²) in [6.45, 7) is 2.00. The van der Waals surface area contributed by atoms with Crippen molar-refractivity contribution in [2.75, 3.05) is 5.32 Å². The maximum absolute atomic E-state index is 12.0. The molecule has 0 saturated heterocycles. The van der Waals surface area contributed by atoms with Crippen molar-refractivity contribution in [2.45, 2.75) is 13.3 Å². The molecule has 0 unspecified atom stereocenters. The average Bonchev–Trinajstić information content (AvgIpc) is 2.88. The summed E-state index contributed by atoms with van der Waals surface area (Å²) in [5.74, 6) is -0.0373. The van der Waals surface area contributed by atoms with Crippen LogP contribution < -0.4 is 5.32 Å². The molecule has 102 valence electrons. The maximum Gasteiger partial charge on any atom is 0.256 e. The Bertz CT molecular complexity index is 731. The highest BCUT2D eigenvalue weighted by atomic mass is 79.9. The summed E-state index contributed by atoms with van der Waals surface area (Å²) >= 11 is 7.06. The van der Waals surface area contributed by atoms with Crippen LogP contribution in [0.5, 0.6) is 0 Å². The Kier molecular flexibility index (Phi) is 3.56. The van der Waals surface area contributed by atoms with Gasteiger partial charge in [0, 0.05) is 34.6 Å². The van der Waals surface area contributed by atoms with E-state index >= 15 is 0 Å². The van der Waals surface area contributed by atoms with E-state index < -0.39 is 0 Å². The minimum absolute atomic E-state index is 0.0373. The van der Waals surface area contributed by atoms with Gasteiger partial charge in [-0.05, 0) is 44.8 Å². The van der Waals surface area contributed by atoms with Gasteiger partial charge in [-0.15, -0.1) is 0 Å². The standard InChI is InChI=1S/C15H12Br2N2O/c1-8-13(16)14(17)12(18-8)7-6-10-9-4-2-3-5-11(9)19-15(10)20/h2-6,18H,7H2,1H3,(H,19,20). The smallest absolute Gasteiger partial charge is 0.256 e. The number of nitrogens with one attached hydrogen (secondary N) is 2. The highest BCUT2D eigenvalue weighted by Crippen LogP contribution is 2.33. The van der Waals surface area contributed by atoms with Crippen LogP contribution in [0.1, 0.15) is 17.0 Å². The fourth-order valence-corrected chi connectivity index (χ4v) is 3.22. The molecule has 0 atom stereocenters. The number of benzene rings is 1. The SMILES string of the molecule is Cc1[nH]c(CC=C2C(=O)Nc3ccccc32)c(Br)c1Br. The molecular formula is C15H12Br2N2O. The summed E-state index contributed by atoms with van der Waals surface area (Å²) in [6, 6.07) is 7.74. The third kappa shape index (κ3) is 2.25. The van der Waals surface area contributed by atoms with E-state index in [9.17, 15) is 4.79 Å². The summed E-state index contributed by atoms with van der Waals surface area (Å²) in [5, 5.41) is 2.88. The molecule has 2 heterocycles. The van der Waals surface area contributed by atoms with Gasteiger partial charge in [-0.3, -0.25) is 4.79 Å². The first kappa shape index (κ1) is 13.6. The molecule has 5 heteroatoms. The van der Waals surface area contributed by atoms with Crippen LogP contribution in [0.15, 0.2) is 39.3 Å². The molecular weight excluding hydrogens is 384 g/mol. The number of carbonyl (C=O) groups excluding carboxylic acids is 1. The van der Waals surface area contributed by atoms with Gasteiger partial charge in [0.05, 0.1) is 8.95 Å². The van der Waals surface area contributed by atoms with E-state index in [1.807, 2.05) is 37.3 Å². The van der Waals surface area contributed by atoms with Crippen LogP contribution in [-0.2, 0) is 11.2 Å². The van der Waals surface area contributed by atoms with Crippen LogP contribution in [0.25, 0.3) is 5.57 Å². The number of halogens is 2. The monoisotopic (exact) mass is 394 g/mol. The summed E-state index contributed by atoms with van der Waals surface area (Å²) in [5.41, 5.74) is 4.71. The van der Waals surface area contributed by atoms with E-state index in [0.717, 1.165) is 37.2 Å². The summed E-state index contributed by atoms with van der Waals surface area (Å²) in [6.07, 6.45) is 2.63. The Morgan fingerprint density at radius 3 is 2.65 bits per heavy atom. The van der Waals surface area contributed by atoms with Gasteiger partial charge in [0.1, 0.15) is 0 Å². The minimum atomic E-state index is -0.0373. The number of hydrogen-bond acceptors (Lipinski definition) is 1. The number of para-hydroxylation sites is 1. The average molecular weight is 396 g/mol. The molecule has 0 aliphatic carbocycles. The van der Waals surface area contributed by atoms with E-state index in [0.29, 0.717) is 6.42 Å². The Labute approximate surface area is 133 Å². The number of rotatable bonds is 2. The summed E-state index contributed by atoms with van der Waals surface area (Å²) in [4.78, 5) is 15.3. The van der Waals surface area contributed by atoms with Gasteiger partial charge in [-0.25, -0.2) is 0 Å². The van der Waals surface area contributed by atoms with Crippen molar-refractivity contribution in [3.8, 4) is 0 Å². The van der Waals surface area contributed by atoms with Crippen LogP contribution in [0.4, 0.5) is 5.69 Å². The Hall–Kier alpha value is -1.33. The Morgan fingerprint density at radius 1 is 1.20 bits per heavy atom. The summed E-state index contributed by atoms with van der Waals surface area (Å²) in [7, 11) is 0. The number of allylic oxidation sites excluding steroid dienone is 1. The second-order valence-corrected chi connectivity index (χ2v) is 6.26. The molecule has 0 fully saturated rings.